The van der Waals surface area contributed by atoms with Crippen molar-refractivity contribution in [1.82, 2.24) is 0 Å². The molecule has 0 saturated heterocycles. The molecule has 3 rings (SSSR count). The second-order valence-corrected chi connectivity index (χ2v) is 3.91. The molecule has 0 spiro atoms. The van der Waals surface area contributed by atoms with E-state index in [4.69, 9.17) is 9.47 Å². The topological polar surface area (TPSA) is 18.5 Å². The van der Waals surface area contributed by atoms with E-state index in [1.807, 2.05) is 12.1 Å². The van der Waals surface area contributed by atoms with Gasteiger partial charge in [-0.3, -0.25) is 0 Å². The van der Waals surface area contributed by atoms with Crippen LogP contribution in [0.15, 0.2) is 42.5 Å². The lowest BCUT2D eigenvalue weighted by atomic mass is 10.0. The van der Waals surface area contributed by atoms with Crippen LogP contribution < -0.4 is 9.47 Å². The van der Waals surface area contributed by atoms with Crippen molar-refractivity contribution in [3.8, 4) is 22.6 Å². The first-order chi connectivity index (χ1) is 7.84. The number of fused-ring (bicyclic) bond motifs is 1. The van der Waals surface area contributed by atoms with E-state index >= 15 is 0 Å². The third-order valence-electron chi connectivity index (χ3n) is 2.76. The number of ether oxygens (including phenoxy) is 2. The molecule has 1 aliphatic heterocycles. The van der Waals surface area contributed by atoms with Gasteiger partial charge < -0.3 is 9.47 Å². The molecule has 1 aliphatic rings. The highest BCUT2D eigenvalue weighted by molar-refractivity contribution is 5.74. The maximum absolute atomic E-state index is 5.49. The van der Waals surface area contributed by atoms with E-state index in [9.17, 15) is 0 Å². The molecule has 0 fully saturated rings. The van der Waals surface area contributed by atoms with Gasteiger partial charge in [-0.2, -0.15) is 0 Å². The molecule has 0 aromatic heterocycles. The molecule has 0 bridgehead atoms. The molecule has 0 radical (unpaired) electrons. The highest BCUT2D eigenvalue weighted by Crippen LogP contribution is 2.40. The van der Waals surface area contributed by atoms with Crippen molar-refractivity contribution in [2.75, 3.05) is 6.79 Å². The predicted octanol–water partition coefficient (Wildman–Crippen LogP) is 3.39. The lowest BCUT2D eigenvalue weighted by molar-refractivity contribution is 0.174. The van der Waals surface area contributed by atoms with Crippen LogP contribution in [-0.2, 0) is 0 Å². The highest BCUT2D eigenvalue weighted by Gasteiger charge is 2.17. The number of hydrogen-bond donors (Lipinski definition) is 0. The summed E-state index contributed by atoms with van der Waals surface area (Å²) in [5.74, 6) is 1.68. The van der Waals surface area contributed by atoms with E-state index in [2.05, 4.69) is 37.3 Å². The van der Waals surface area contributed by atoms with Gasteiger partial charge in [-0.15, -0.1) is 0 Å². The molecule has 2 nitrogen and oxygen atoms in total. The highest BCUT2D eigenvalue weighted by atomic mass is 16.7. The fourth-order valence-electron chi connectivity index (χ4n) is 1.89. The molecule has 2 aromatic carbocycles. The summed E-state index contributed by atoms with van der Waals surface area (Å²) in [6.45, 7) is 2.40. The smallest absolute Gasteiger partial charge is 0.231 e. The lowest BCUT2D eigenvalue weighted by Gasteiger charge is -2.06. The van der Waals surface area contributed by atoms with Crippen molar-refractivity contribution in [3.05, 3.63) is 48.0 Å². The van der Waals surface area contributed by atoms with Crippen LogP contribution in [0.4, 0.5) is 0 Å². The minimum atomic E-state index is 0.318. The van der Waals surface area contributed by atoms with Gasteiger partial charge in [0, 0.05) is 5.56 Å². The molecule has 0 atom stereocenters. The van der Waals surface area contributed by atoms with Gasteiger partial charge in [0.15, 0.2) is 11.5 Å². The first kappa shape index (κ1) is 9.28. The second kappa shape index (κ2) is 3.56. The van der Waals surface area contributed by atoms with Crippen molar-refractivity contribution in [2.24, 2.45) is 0 Å². The van der Waals surface area contributed by atoms with Gasteiger partial charge in [-0.05, 0) is 18.6 Å². The molecule has 80 valence electrons. The van der Waals surface area contributed by atoms with E-state index in [1.54, 1.807) is 0 Å². The summed E-state index contributed by atoms with van der Waals surface area (Å²) in [5, 5.41) is 0. The summed E-state index contributed by atoms with van der Waals surface area (Å²) in [6.07, 6.45) is 0. The molecule has 2 heteroatoms. The molecule has 16 heavy (non-hydrogen) atoms. The van der Waals surface area contributed by atoms with E-state index in [-0.39, 0.29) is 0 Å². The minimum Gasteiger partial charge on any atom is -0.454 e. The Hall–Kier alpha value is -1.96. The molecule has 2 aromatic rings. The summed E-state index contributed by atoms with van der Waals surface area (Å²) >= 11 is 0. The third kappa shape index (κ3) is 1.43. The zero-order valence-corrected chi connectivity index (χ0v) is 9.07. The minimum absolute atomic E-state index is 0.318. The number of aryl methyl sites for hydroxylation is 1. The van der Waals surface area contributed by atoms with Crippen LogP contribution >= 0.6 is 0 Å². The fourth-order valence-corrected chi connectivity index (χ4v) is 1.89. The lowest BCUT2D eigenvalue weighted by Crippen LogP contribution is -1.93. The van der Waals surface area contributed by atoms with E-state index in [0.717, 1.165) is 22.6 Å². The zero-order chi connectivity index (χ0) is 11.0. The van der Waals surface area contributed by atoms with Crippen LogP contribution in [0.2, 0.25) is 0 Å². The average Bonchev–Trinajstić information content (AvgIpc) is 2.78. The van der Waals surface area contributed by atoms with E-state index in [1.165, 1.54) is 5.56 Å². The Kier molecular flexibility index (Phi) is 2.07. The van der Waals surface area contributed by atoms with Crippen molar-refractivity contribution >= 4 is 0 Å². The zero-order valence-electron chi connectivity index (χ0n) is 9.07. The summed E-state index contributed by atoms with van der Waals surface area (Å²) in [6, 6.07) is 14.4. The van der Waals surface area contributed by atoms with E-state index in [0.29, 0.717) is 6.79 Å². The number of hydrogen-bond acceptors (Lipinski definition) is 2. The van der Waals surface area contributed by atoms with Gasteiger partial charge in [-0.25, -0.2) is 0 Å². The standard InChI is InChI=1S/C14H12O2/c1-10-5-7-11(8-6-10)12-3-2-4-13-14(12)16-9-15-13/h2-8H,9H2,1H3. The van der Waals surface area contributed by atoms with Gasteiger partial charge in [0.05, 0.1) is 0 Å². The monoisotopic (exact) mass is 212 g/mol. The molecular weight excluding hydrogens is 200 g/mol. The maximum atomic E-state index is 5.49. The van der Waals surface area contributed by atoms with Crippen molar-refractivity contribution in [1.29, 1.82) is 0 Å². The SMILES string of the molecule is Cc1ccc(-c2cccc3c2OCO3)cc1. The van der Waals surface area contributed by atoms with Gasteiger partial charge >= 0.3 is 0 Å². The van der Waals surface area contributed by atoms with Crippen molar-refractivity contribution in [3.63, 3.8) is 0 Å². The number of benzene rings is 2. The Morgan fingerprint density at radius 1 is 0.938 bits per heavy atom. The Morgan fingerprint density at radius 2 is 1.75 bits per heavy atom. The summed E-state index contributed by atoms with van der Waals surface area (Å²) < 4.78 is 10.9. The molecule has 0 unspecified atom stereocenters. The Morgan fingerprint density at radius 3 is 2.56 bits per heavy atom. The predicted molar refractivity (Wildman–Crippen MR) is 62.7 cm³/mol. The molecular formula is C14H12O2. The molecule has 1 heterocycles. The third-order valence-corrected chi connectivity index (χ3v) is 2.76. The number of para-hydroxylation sites is 1. The van der Waals surface area contributed by atoms with Crippen LogP contribution in [0.25, 0.3) is 11.1 Å². The summed E-state index contributed by atoms with van der Waals surface area (Å²) in [4.78, 5) is 0. The van der Waals surface area contributed by atoms with Crippen LogP contribution in [0.5, 0.6) is 11.5 Å². The summed E-state index contributed by atoms with van der Waals surface area (Å²) in [5.41, 5.74) is 3.51. The van der Waals surface area contributed by atoms with Gasteiger partial charge in [0.2, 0.25) is 6.79 Å². The second-order valence-electron chi connectivity index (χ2n) is 3.91. The fraction of sp³-hybridized carbons (Fsp3) is 0.143. The molecule has 0 saturated carbocycles. The Labute approximate surface area is 94.4 Å². The average molecular weight is 212 g/mol. The molecule has 0 amide bonds. The normalized spacial score (nSPS) is 12.8. The van der Waals surface area contributed by atoms with Gasteiger partial charge in [0.25, 0.3) is 0 Å². The van der Waals surface area contributed by atoms with Crippen LogP contribution in [0.3, 0.4) is 0 Å². The van der Waals surface area contributed by atoms with Gasteiger partial charge in [-0.1, -0.05) is 42.0 Å². The molecule has 0 N–H and O–H groups in total. The van der Waals surface area contributed by atoms with E-state index < -0.39 is 0 Å². The van der Waals surface area contributed by atoms with Crippen molar-refractivity contribution in [2.45, 2.75) is 6.92 Å². The largest absolute Gasteiger partial charge is 0.454 e. The molecule has 0 aliphatic carbocycles. The Balaban J connectivity index is 2.13. The van der Waals surface area contributed by atoms with Gasteiger partial charge in [0.1, 0.15) is 0 Å². The Bertz CT molecular complexity index is 515. The first-order valence-corrected chi connectivity index (χ1v) is 5.30. The van der Waals surface area contributed by atoms with Crippen LogP contribution in [0.1, 0.15) is 5.56 Å². The number of rotatable bonds is 1. The maximum Gasteiger partial charge on any atom is 0.231 e. The van der Waals surface area contributed by atoms with Crippen LogP contribution in [-0.4, -0.2) is 6.79 Å². The first-order valence-electron chi connectivity index (χ1n) is 5.30. The summed E-state index contributed by atoms with van der Waals surface area (Å²) in [7, 11) is 0. The van der Waals surface area contributed by atoms with Crippen molar-refractivity contribution < 1.29 is 9.47 Å². The van der Waals surface area contributed by atoms with Crippen LogP contribution in [0, 0.1) is 6.92 Å². The quantitative estimate of drug-likeness (QED) is 0.721.